The molecule has 7 nitrogen and oxygen atoms in total. The Morgan fingerprint density at radius 2 is 1.82 bits per heavy atom. The number of fused-ring (bicyclic) bond motifs is 1. The van der Waals surface area contributed by atoms with Crippen molar-refractivity contribution in [3.63, 3.8) is 0 Å². The summed E-state index contributed by atoms with van der Waals surface area (Å²) in [6, 6.07) is 14.3. The summed E-state index contributed by atoms with van der Waals surface area (Å²) in [6.45, 7) is 3.31. The second-order valence-corrected chi connectivity index (χ2v) is 6.65. The topological polar surface area (TPSA) is 90.3 Å². The second-order valence-electron chi connectivity index (χ2n) is 6.65. The van der Waals surface area contributed by atoms with Gasteiger partial charge in [-0.05, 0) is 29.7 Å². The Morgan fingerprint density at radius 3 is 2.61 bits per heavy atom. The molecule has 1 heterocycles. The lowest BCUT2D eigenvalue weighted by Gasteiger charge is -2.13. The largest absolute Gasteiger partial charge is 0.454 e. The van der Waals surface area contributed by atoms with Gasteiger partial charge in [0.15, 0.2) is 6.61 Å². The molecule has 3 rings (SSSR count). The van der Waals surface area contributed by atoms with Crippen molar-refractivity contribution in [3.05, 3.63) is 70.8 Å². The number of hydrogen-bond donors (Lipinski definition) is 1. The number of benzene rings is 2. The standard InChI is InChI=1S/C21H21N3O4/c1-14(2)15-7-3-6-10-18(15)23-19(25)12-28-20(26)11-24-13-22-17-9-5-4-8-16(17)21(24)27/h3-10,13-14H,11-12H2,1-2H3,(H,23,25). The number of anilines is 1. The number of carbonyl (C=O) groups is 2. The number of ether oxygens (including phenoxy) is 1. The summed E-state index contributed by atoms with van der Waals surface area (Å²) in [4.78, 5) is 40.7. The zero-order valence-electron chi connectivity index (χ0n) is 15.7. The van der Waals surface area contributed by atoms with Crippen LogP contribution < -0.4 is 10.9 Å². The van der Waals surface area contributed by atoms with Gasteiger partial charge in [-0.2, -0.15) is 0 Å². The zero-order chi connectivity index (χ0) is 20.1. The second kappa shape index (κ2) is 8.47. The minimum Gasteiger partial charge on any atom is -0.454 e. The van der Waals surface area contributed by atoms with Crippen molar-refractivity contribution in [1.82, 2.24) is 9.55 Å². The van der Waals surface area contributed by atoms with Crippen molar-refractivity contribution in [3.8, 4) is 0 Å². The van der Waals surface area contributed by atoms with Crippen LogP contribution in [0.15, 0.2) is 59.7 Å². The summed E-state index contributed by atoms with van der Waals surface area (Å²) >= 11 is 0. The number of carbonyl (C=O) groups excluding carboxylic acids is 2. The van der Waals surface area contributed by atoms with E-state index in [1.165, 1.54) is 6.33 Å². The fraction of sp³-hybridized carbons (Fsp3) is 0.238. The van der Waals surface area contributed by atoms with Gasteiger partial charge in [0, 0.05) is 5.69 Å². The molecular formula is C21H21N3O4. The van der Waals surface area contributed by atoms with Gasteiger partial charge in [0.2, 0.25) is 0 Å². The Hall–Kier alpha value is -3.48. The molecule has 0 aliphatic rings. The van der Waals surface area contributed by atoms with Crippen molar-refractivity contribution in [2.45, 2.75) is 26.3 Å². The first-order chi connectivity index (χ1) is 13.5. The lowest BCUT2D eigenvalue weighted by atomic mass is 10.0. The summed E-state index contributed by atoms with van der Waals surface area (Å²) in [5, 5.41) is 3.17. The molecule has 0 radical (unpaired) electrons. The SMILES string of the molecule is CC(C)c1ccccc1NC(=O)COC(=O)Cn1cnc2ccccc2c1=O. The molecule has 1 amide bonds. The Bertz CT molecular complexity index is 1070. The van der Waals surface area contributed by atoms with Crippen LogP contribution in [0.3, 0.4) is 0 Å². The van der Waals surface area contributed by atoms with Crippen molar-refractivity contribution in [2.24, 2.45) is 0 Å². The molecule has 144 valence electrons. The van der Waals surface area contributed by atoms with Crippen LogP contribution in [0.5, 0.6) is 0 Å². The average molecular weight is 379 g/mol. The summed E-state index contributed by atoms with van der Waals surface area (Å²) in [7, 11) is 0. The highest BCUT2D eigenvalue weighted by Gasteiger charge is 2.13. The average Bonchev–Trinajstić information content (AvgIpc) is 2.69. The van der Waals surface area contributed by atoms with Gasteiger partial charge in [-0.3, -0.25) is 19.0 Å². The summed E-state index contributed by atoms with van der Waals surface area (Å²) < 4.78 is 6.17. The molecule has 2 aromatic carbocycles. The van der Waals surface area contributed by atoms with E-state index in [9.17, 15) is 14.4 Å². The Kier molecular flexibility index (Phi) is 5.84. The quantitative estimate of drug-likeness (QED) is 0.665. The van der Waals surface area contributed by atoms with Gasteiger partial charge in [-0.1, -0.05) is 44.2 Å². The van der Waals surface area contributed by atoms with Crippen molar-refractivity contribution >= 4 is 28.5 Å². The lowest BCUT2D eigenvalue weighted by Crippen LogP contribution is -2.28. The highest BCUT2D eigenvalue weighted by atomic mass is 16.5. The van der Waals surface area contributed by atoms with E-state index >= 15 is 0 Å². The maximum Gasteiger partial charge on any atom is 0.326 e. The molecule has 1 aromatic heterocycles. The van der Waals surface area contributed by atoms with E-state index < -0.39 is 18.5 Å². The normalized spacial score (nSPS) is 10.8. The van der Waals surface area contributed by atoms with Gasteiger partial charge >= 0.3 is 5.97 Å². The number of amides is 1. The van der Waals surface area contributed by atoms with Crippen LogP contribution in [0, 0.1) is 0 Å². The zero-order valence-corrected chi connectivity index (χ0v) is 15.7. The smallest absolute Gasteiger partial charge is 0.326 e. The van der Waals surface area contributed by atoms with Crippen LogP contribution in [0.25, 0.3) is 10.9 Å². The Morgan fingerprint density at radius 1 is 1.11 bits per heavy atom. The molecule has 7 heteroatoms. The summed E-state index contributed by atoms with van der Waals surface area (Å²) in [6.07, 6.45) is 1.30. The first kappa shape index (κ1) is 19.3. The van der Waals surface area contributed by atoms with Gasteiger partial charge in [0.1, 0.15) is 6.54 Å². The number of para-hydroxylation sites is 2. The van der Waals surface area contributed by atoms with Gasteiger partial charge in [-0.25, -0.2) is 4.98 Å². The van der Waals surface area contributed by atoms with Crippen molar-refractivity contribution in [1.29, 1.82) is 0 Å². The minimum atomic E-state index is -0.688. The molecule has 3 aromatic rings. The van der Waals surface area contributed by atoms with Crippen LogP contribution in [-0.2, 0) is 20.9 Å². The van der Waals surface area contributed by atoms with Crippen LogP contribution in [-0.4, -0.2) is 28.0 Å². The number of nitrogens with one attached hydrogen (secondary N) is 1. The third-order valence-corrected chi connectivity index (χ3v) is 4.25. The number of aromatic nitrogens is 2. The van der Waals surface area contributed by atoms with E-state index in [-0.39, 0.29) is 18.0 Å². The van der Waals surface area contributed by atoms with Crippen molar-refractivity contribution < 1.29 is 14.3 Å². The van der Waals surface area contributed by atoms with E-state index in [1.54, 1.807) is 30.3 Å². The molecule has 0 unspecified atom stereocenters. The van der Waals surface area contributed by atoms with Gasteiger partial charge in [0.25, 0.3) is 11.5 Å². The summed E-state index contributed by atoms with van der Waals surface area (Å²) in [5.74, 6) is -0.886. The Labute approximate surface area is 162 Å². The van der Waals surface area contributed by atoms with E-state index in [1.807, 2.05) is 32.0 Å². The first-order valence-electron chi connectivity index (χ1n) is 8.94. The third-order valence-electron chi connectivity index (χ3n) is 4.25. The molecule has 0 aliphatic carbocycles. The fourth-order valence-corrected chi connectivity index (χ4v) is 2.85. The minimum absolute atomic E-state index is 0.242. The van der Waals surface area contributed by atoms with E-state index in [4.69, 9.17) is 4.74 Å². The molecule has 28 heavy (non-hydrogen) atoms. The molecule has 0 atom stereocenters. The monoisotopic (exact) mass is 379 g/mol. The number of rotatable bonds is 6. The summed E-state index contributed by atoms with van der Waals surface area (Å²) in [5.41, 5.74) is 1.91. The maximum atomic E-state index is 12.4. The number of esters is 1. The predicted octanol–water partition coefficient (Wildman–Crippen LogP) is 2.70. The highest BCUT2D eigenvalue weighted by Crippen LogP contribution is 2.23. The van der Waals surface area contributed by atoms with Gasteiger partial charge in [-0.15, -0.1) is 0 Å². The molecule has 0 saturated carbocycles. The predicted molar refractivity (Wildman–Crippen MR) is 106 cm³/mol. The lowest BCUT2D eigenvalue weighted by molar-refractivity contribution is -0.147. The first-order valence-corrected chi connectivity index (χ1v) is 8.94. The molecular weight excluding hydrogens is 358 g/mol. The van der Waals surface area contributed by atoms with Crippen LogP contribution in [0.1, 0.15) is 25.3 Å². The molecule has 0 bridgehead atoms. The van der Waals surface area contributed by atoms with E-state index in [2.05, 4.69) is 10.3 Å². The third kappa shape index (κ3) is 4.43. The highest BCUT2D eigenvalue weighted by molar-refractivity contribution is 5.93. The maximum absolute atomic E-state index is 12.4. The molecule has 1 N–H and O–H groups in total. The fourth-order valence-electron chi connectivity index (χ4n) is 2.85. The van der Waals surface area contributed by atoms with Gasteiger partial charge < -0.3 is 10.1 Å². The van der Waals surface area contributed by atoms with Crippen LogP contribution in [0.4, 0.5) is 5.69 Å². The van der Waals surface area contributed by atoms with E-state index in [0.717, 1.165) is 10.1 Å². The van der Waals surface area contributed by atoms with Gasteiger partial charge in [0.05, 0.1) is 17.2 Å². The number of nitrogens with zero attached hydrogens (tertiary/aromatic N) is 2. The Balaban J connectivity index is 1.60. The molecule has 0 fully saturated rings. The van der Waals surface area contributed by atoms with Crippen LogP contribution >= 0.6 is 0 Å². The molecule has 0 saturated heterocycles. The molecule has 0 spiro atoms. The molecule has 0 aliphatic heterocycles. The van der Waals surface area contributed by atoms with E-state index in [0.29, 0.717) is 16.6 Å². The van der Waals surface area contributed by atoms with Crippen LogP contribution in [0.2, 0.25) is 0 Å². The number of hydrogen-bond acceptors (Lipinski definition) is 5. The van der Waals surface area contributed by atoms with Crippen molar-refractivity contribution in [2.75, 3.05) is 11.9 Å².